The van der Waals surface area contributed by atoms with Crippen LogP contribution >= 0.6 is 12.4 Å². The van der Waals surface area contributed by atoms with Gasteiger partial charge >= 0.3 is 0 Å². The van der Waals surface area contributed by atoms with Crippen LogP contribution in [0.3, 0.4) is 0 Å². The molecule has 1 aliphatic rings. The molecule has 0 spiro atoms. The van der Waals surface area contributed by atoms with E-state index in [1.807, 2.05) is 36.4 Å². The van der Waals surface area contributed by atoms with Gasteiger partial charge in [0, 0.05) is 54.4 Å². The van der Waals surface area contributed by atoms with E-state index in [-0.39, 0.29) is 24.7 Å². The number of hydrogen-bond donors (Lipinski definition) is 3. The number of nitrogens with one attached hydrogen (secondary N) is 2. The number of furan rings is 1. The Bertz CT molecular complexity index is 1480. The zero-order chi connectivity index (χ0) is 25.8. The highest BCUT2D eigenvalue weighted by atomic mass is 35.5. The normalized spacial score (nSPS) is 13.8. The molecule has 0 unspecified atom stereocenters. The number of aryl methyl sites for hydroxylation is 1. The third-order valence-corrected chi connectivity index (χ3v) is 6.95. The molecule has 1 fully saturated rings. The molecule has 5 rings (SSSR count). The Morgan fingerprint density at radius 1 is 1.08 bits per heavy atom. The lowest BCUT2D eigenvalue weighted by Crippen LogP contribution is -2.46. The summed E-state index contributed by atoms with van der Waals surface area (Å²) in [6.45, 7) is 4.73. The average Bonchev–Trinajstić information content (AvgIpc) is 3.53. The van der Waals surface area contributed by atoms with Gasteiger partial charge in [-0.15, -0.1) is 12.4 Å². The van der Waals surface area contributed by atoms with Crippen molar-refractivity contribution in [2.24, 2.45) is 5.73 Å². The van der Waals surface area contributed by atoms with Gasteiger partial charge in [0.25, 0.3) is 5.91 Å². The summed E-state index contributed by atoms with van der Waals surface area (Å²) in [4.78, 5) is 31.2. The molecular weight excluding hydrogens is 504 g/mol. The Morgan fingerprint density at radius 3 is 2.66 bits per heavy atom. The number of primary amides is 1. The predicted molar refractivity (Wildman–Crippen MR) is 150 cm³/mol. The summed E-state index contributed by atoms with van der Waals surface area (Å²) in [6.07, 6.45) is 5.31. The quantitative estimate of drug-likeness (QED) is 0.281. The highest BCUT2D eigenvalue weighted by Gasteiger charge is 2.19. The maximum Gasteiger partial charge on any atom is 0.287 e. The topological polar surface area (TPSA) is 131 Å². The number of carbonyl (C=O) groups excluding carboxylic acids is 2. The number of aromatic nitrogens is 1. The van der Waals surface area contributed by atoms with Gasteiger partial charge in [0.15, 0.2) is 5.76 Å². The third-order valence-electron chi connectivity index (χ3n) is 6.95. The second-order valence-electron chi connectivity index (χ2n) is 9.45. The van der Waals surface area contributed by atoms with Crippen molar-refractivity contribution in [2.45, 2.75) is 19.3 Å². The first-order valence-corrected chi connectivity index (χ1v) is 12.6. The molecule has 0 aliphatic carbocycles. The summed E-state index contributed by atoms with van der Waals surface area (Å²) in [7, 11) is 0. The van der Waals surface area contributed by atoms with E-state index in [9.17, 15) is 14.9 Å². The number of nitrogens with two attached hydrogens (primary N) is 1. The number of carbonyl (C=O) groups is 2. The van der Waals surface area contributed by atoms with Crippen molar-refractivity contribution in [1.29, 1.82) is 5.26 Å². The van der Waals surface area contributed by atoms with Gasteiger partial charge in [-0.05, 0) is 73.8 Å². The number of benzene rings is 2. The molecule has 4 aromatic rings. The molecule has 38 heavy (non-hydrogen) atoms. The van der Waals surface area contributed by atoms with Crippen molar-refractivity contribution >= 4 is 51.8 Å². The van der Waals surface area contributed by atoms with E-state index < -0.39 is 11.8 Å². The molecule has 2 amide bonds. The van der Waals surface area contributed by atoms with Crippen molar-refractivity contribution in [3.05, 3.63) is 65.5 Å². The van der Waals surface area contributed by atoms with Gasteiger partial charge in [-0.1, -0.05) is 0 Å². The number of nitrogens with zero attached hydrogens (tertiary/aromatic N) is 3. The molecule has 0 saturated carbocycles. The van der Waals surface area contributed by atoms with Gasteiger partial charge in [0.2, 0.25) is 5.91 Å². The summed E-state index contributed by atoms with van der Waals surface area (Å²) >= 11 is 0. The van der Waals surface area contributed by atoms with Crippen LogP contribution < -0.4 is 16.0 Å². The molecule has 198 valence electrons. The van der Waals surface area contributed by atoms with Gasteiger partial charge in [0.1, 0.15) is 5.58 Å². The zero-order valence-corrected chi connectivity index (χ0v) is 21.9. The minimum Gasteiger partial charge on any atom is -0.451 e. The van der Waals surface area contributed by atoms with Crippen molar-refractivity contribution in [3.63, 3.8) is 0 Å². The van der Waals surface area contributed by atoms with Crippen LogP contribution in [0.1, 0.15) is 34.5 Å². The predicted octanol–water partition coefficient (Wildman–Crippen LogP) is 3.57. The van der Waals surface area contributed by atoms with E-state index in [4.69, 9.17) is 10.2 Å². The maximum absolute atomic E-state index is 12.2. The van der Waals surface area contributed by atoms with Crippen LogP contribution in [-0.2, 0) is 11.2 Å². The molecular formula is C28H31ClN6O3. The molecule has 4 N–H and O–H groups in total. The lowest BCUT2D eigenvalue weighted by molar-refractivity contribution is -0.117. The second kappa shape index (κ2) is 12.0. The number of anilines is 1. The fraction of sp³-hybridized carbons (Fsp3) is 0.321. The molecule has 0 atom stereocenters. The minimum absolute atomic E-state index is 0. The number of H-pyrrole nitrogens is 1. The Kier molecular flexibility index (Phi) is 8.56. The summed E-state index contributed by atoms with van der Waals surface area (Å²) < 4.78 is 5.63. The lowest BCUT2D eigenvalue weighted by atomic mass is 10.1. The standard InChI is InChI=1S/C28H30N6O3.ClH/c29-16-19-4-6-24-23(13-19)20(17-31-24)3-1-2-8-33-9-11-34(12-10-33)22-5-7-25-21(14-22)15-26(37-25)28(36)32-18-27(30)35;/h4-7,13-15,17,31H,1-3,8-12,18H2,(H2,30,35)(H,32,36);1H. The van der Waals surface area contributed by atoms with Crippen LogP contribution in [0, 0.1) is 11.3 Å². The molecule has 2 aromatic heterocycles. The number of rotatable bonds is 9. The summed E-state index contributed by atoms with van der Waals surface area (Å²) in [6, 6.07) is 15.7. The zero-order valence-electron chi connectivity index (χ0n) is 21.0. The van der Waals surface area contributed by atoms with Crippen LogP contribution in [0.25, 0.3) is 21.9 Å². The second-order valence-corrected chi connectivity index (χ2v) is 9.45. The van der Waals surface area contributed by atoms with E-state index in [1.54, 1.807) is 6.07 Å². The molecule has 1 saturated heterocycles. The summed E-state index contributed by atoms with van der Waals surface area (Å²) in [5.41, 5.74) is 9.88. The van der Waals surface area contributed by atoms with Gasteiger partial charge in [-0.25, -0.2) is 0 Å². The number of halogens is 1. The highest BCUT2D eigenvalue weighted by Crippen LogP contribution is 2.26. The molecule has 3 heterocycles. The Balaban J connectivity index is 0.00000336. The molecule has 10 heteroatoms. The van der Waals surface area contributed by atoms with Gasteiger partial charge in [-0.2, -0.15) is 5.26 Å². The number of piperazine rings is 1. The Hall–Kier alpha value is -4.00. The monoisotopic (exact) mass is 534 g/mol. The molecule has 9 nitrogen and oxygen atoms in total. The number of amides is 2. The van der Waals surface area contributed by atoms with Crippen LogP contribution in [0.5, 0.6) is 0 Å². The third kappa shape index (κ3) is 6.10. The van der Waals surface area contributed by atoms with Crippen LogP contribution in [-0.4, -0.2) is 61.0 Å². The minimum atomic E-state index is -0.602. The first-order valence-electron chi connectivity index (χ1n) is 12.6. The largest absolute Gasteiger partial charge is 0.451 e. The highest BCUT2D eigenvalue weighted by molar-refractivity contribution is 5.98. The fourth-order valence-corrected chi connectivity index (χ4v) is 4.93. The van der Waals surface area contributed by atoms with E-state index in [2.05, 4.69) is 32.4 Å². The van der Waals surface area contributed by atoms with E-state index in [0.717, 1.165) is 74.0 Å². The molecule has 0 bridgehead atoms. The Labute approximate surface area is 227 Å². The van der Waals surface area contributed by atoms with Crippen molar-refractivity contribution in [2.75, 3.05) is 44.2 Å². The van der Waals surface area contributed by atoms with Gasteiger partial charge in [0.05, 0.1) is 18.2 Å². The van der Waals surface area contributed by atoms with Crippen molar-refractivity contribution < 1.29 is 14.0 Å². The Morgan fingerprint density at radius 2 is 1.89 bits per heavy atom. The first-order chi connectivity index (χ1) is 18.0. The van der Waals surface area contributed by atoms with E-state index >= 15 is 0 Å². The SMILES string of the molecule is Cl.N#Cc1ccc2[nH]cc(CCCCN3CCN(c4ccc5oc(C(=O)NCC(N)=O)cc5c4)CC3)c2c1. The molecule has 2 aromatic carbocycles. The molecule has 0 radical (unpaired) electrons. The summed E-state index contributed by atoms with van der Waals surface area (Å²) in [5, 5.41) is 13.6. The average molecular weight is 535 g/mol. The number of unbranched alkanes of at least 4 members (excludes halogenated alkanes) is 1. The van der Waals surface area contributed by atoms with Crippen molar-refractivity contribution in [1.82, 2.24) is 15.2 Å². The van der Waals surface area contributed by atoms with Gasteiger partial charge < -0.3 is 25.4 Å². The first kappa shape index (κ1) is 27.0. The number of nitriles is 1. The van der Waals surface area contributed by atoms with Crippen LogP contribution in [0.15, 0.2) is 53.1 Å². The van der Waals surface area contributed by atoms with Crippen molar-refractivity contribution in [3.8, 4) is 6.07 Å². The van der Waals surface area contributed by atoms with E-state index in [0.29, 0.717) is 11.1 Å². The smallest absolute Gasteiger partial charge is 0.287 e. The van der Waals surface area contributed by atoms with Crippen LogP contribution in [0.2, 0.25) is 0 Å². The maximum atomic E-state index is 12.2. The fourth-order valence-electron chi connectivity index (χ4n) is 4.93. The van der Waals surface area contributed by atoms with Gasteiger partial charge in [-0.3, -0.25) is 14.5 Å². The molecule has 1 aliphatic heterocycles. The lowest BCUT2D eigenvalue weighted by Gasteiger charge is -2.36. The number of hydrogen-bond acceptors (Lipinski definition) is 6. The number of aromatic amines is 1. The van der Waals surface area contributed by atoms with Crippen LogP contribution in [0.4, 0.5) is 5.69 Å². The van der Waals surface area contributed by atoms with E-state index in [1.165, 1.54) is 5.56 Å². The summed E-state index contributed by atoms with van der Waals surface area (Å²) in [5.74, 6) is -0.895. The number of fused-ring (bicyclic) bond motifs is 2.